The Labute approximate surface area is 194 Å². The summed E-state index contributed by atoms with van der Waals surface area (Å²) in [5, 5.41) is 4.68. The first-order chi connectivity index (χ1) is 15.9. The number of nitrogens with zero attached hydrogens (tertiary/aromatic N) is 2. The average molecular weight is 466 g/mol. The Morgan fingerprint density at radius 1 is 1.03 bits per heavy atom. The molecule has 10 heteroatoms. The van der Waals surface area contributed by atoms with Gasteiger partial charge in [-0.05, 0) is 50.1 Å². The minimum absolute atomic E-state index is 0.0691. The molecule has 0 radical (unpaired) electrons. The Hall–Kier alpha value is -3.98. The molecule has 0 aliphatic heterocycles. The van der Waals surface area contributed by atoms with Crippen molar-refractivity contribution in [1.29, 1.82) is 0 Å². The van der Waals surface area contributed by atoms with E-state index in [0.717, 1.165) is 6.42 Å². The number of hydrazine groups is 1. The summed E-state index contributed by atoms with van der Waals surface area (Å²) in [5.74, 6) is -0.819. The van der Waals surface area contributed by atoms with E-state index in [2.05, 4.69) is 26.4 Å². The monoisotopic (exact) mass is 465 g/mol. The fourth-order valence-electron chi connectivity index (χ4n) is 3.55. The van der Waals surface area contributed by atoms with Crippen molar-refractivity contribution in [2.24, 2.45) is 5.10 Å². The van der Waals surface area contributed by atoms with E-state index in [0.29, 0.717) is 51.6 Å². The molecule has 2 heterocycles. The molecule has 1 aromatic carbocycles. The van der Waals surface area contributed by atoms with Crippen molar-refractivity contribution in [2.45, 2.75) is 26.2 Å². The van der Waals surface area contributed by atoms with Crippen LogP contribution in [-0.4, -0.2) is 28.4 Å². The summed E-state index contributed by atoms with van der Waals surface area (Å²) in [6.07, 6.45) is 5.04. The van der Waals surface area contributed by atoms with Crippen molar-refractivity contribution in [2.75, 3.05) is 0 Å². The van der Waals surface area contributed by atoms with Crippen LogP contribution in [0.1, 0.15) is 61.0 Å². The van der Waals surface area contributed by atoms with E-state index in [4.69, 9.17) is 16.0 Å². The van der Waals surface area contributed by atoms with E-state index in [1.165, 1.54) is 12.3 Å². The SMILES string of the molecule is Cc1c(C(=O)NNC(=O)c2cccc(Cl)c2)oc2c1/C(=N/NC(=O)c1cccnc1)CCC2. The van der Waals surface area contributed by atoms with E-state index in [9.17, 15) is 14.4 Å². The number of halogens is 1. The Morgan fingerprint density at radius 3 is 2.58 bits per heavy atom. The number of carbonyl (C=O) groups excluding carboxylic acids is 3. The van der Waals surface area contributed by atoms with Gasteiger partial charge < -0.3 is 4.42 Å². The third-order valence-electron chi connectivity index (χ3n) is 5.12. The molecule has 0 bridgehead atoms. The number of aryl methyl sites for hydroxylation is 1. The van der Waals surface area contributed by atoms with Crippen molar-refractivity contribution in [3.63, 3.8) is 0 Å². The molecule has 4 rings (SSSR count). The Bertz CT molecular complexity index is 1250. The Morgan fingerprint density at radius 2 is 1.82 bits per heavy atom. The number of hydrogen-bond acceptors (Lipinski definition) is 6. The predicted molar refractivity (Wildman–Crippen MR) is 121 cm³/mol. The summed E-state index contributed by atoms with van der Waals surface area (Å²) in [6.45, 7) is 1.74. The first-order valence-corrected chi connectivity index (χ1v) is 10.6. The largest absolute Gasteiger partial charge is 0.455 e. The molecule has 0 unspecified atom stereocenters. The van der Waals surface area contributed by atoms with Crippen LogP contribution in [0.15, 0.2) is 58.3 Å². The Kier molecular flexibility index (Phi) is 6.50. The zero-order chi connectivity index (χ0) is 23.4. The highest BCUT2D eigenvalue weighted by atomic mass is 35.5. The first kappa shape index (κ1) is 22.2. The van der Waals surface area contributed by atoms with Crippen LogP contribution >= 0.6 is 11.6 Å². The molecule has 0 saturated heterocycles. The number of carbonyl (C=O) groups is 3. The summed E-state index contributed by atoms with van der Waals surface area (Å²) in [5.41, 5.74) is 9.83. The van der Waals surface area contributed by atoms with Gasteiger partial charge in [0.1, 0.15) is 5.76 Å². The highest BCUT2D eigenvalue weighted by molar-refractivity contribution is 6.31. The zero-order valence-corrected chi connectivity index (χ0v) is 18.4. The molecule has 168 valence electrons. The standard InChI is InChI=1S/C23H20ClN5O4/c1-13-19-17(26-27-22(31)15-6-4-10-25-12-15)8-3-9-18(19)33-20(13)23(32)29-28-21(30)14-5-2-7-16(24)11-14/h2,4-7,10-12H,3,8-9H2,1H3,(H,27,31)(H,28,30)(H,29,32)/b26-17+. The molecule has 0 fully saturated rings. The van der Waals surface area contributed by atoms with Crippen LogP contribution in [0.3, 0.4) is 0 Å². The summed E-state index contributed by atoms with van der Waals surface area (Å²) in [6, 6.07) is 9.65. The second-order valence-corrected chi connectivity index (χ2v) is 7.80. The minimum Gasteiger partial charge on any atom is -0.455 e. The van der Waals surface area contributed by atoms with E-state index >= 15 is 0 Å². The van der Waals surface area contributed by atoms with Crippen molar-refractivity contribution < 1.29 is 18.8 Å². The number of nitrogens with one attached hydrogen (secondary N) is 3. The summed E-state index contributed by atoms with van der Waals surface area (Å²) in [7, 11) is 0. The maximum Gasteiger partial charge on any atom is 0.305 e. The number of aromatic nitrogens is 1. The van der Waals surface area contributed by atoms with E-state index in [1.807, 2.05) is 0 Å². The molecule has 3 N–H and O–H groups in total. The van der Waals surface area contributed by atoms with Crippen LogP contribution in [0.4, 0.5) is 0 Å². The average Bonchev–Trinajstić information content (AvgIpc) is 3.18. The van der Waals surface area contributed by atoms with Gasteiger partial charge in [0, 0.05) is 40.5 Å². The van der Waals surface area contributed by atoms with Gasteiger partial charge in [0.25, 0.3) is 11.8 Å². The van der Waals surface area contributed by atoms with Crippen LogP contribution in [0.25, 0.3) is 0 Å². The fourth-order valence-corrected chi connectivity index (χ4v) is 3.74. The van der Waals surface area contributed by atoms with Crippen LogP contribution in [0, 0.1) is 6.92 Å². The molecule has 3 aromatic rings. The maximum atomic E-state index is 12.7. The number of fused-ring (bicyclic) bond motifs is 1. The number of hydrogen-bond donors (Lipinski definition) is 3. The molecular formula is C23H20ClN5O4. The third-order valence-corrected chi connectivity index (χ3v) is 5.36. The van der Waals surface area contributed by atoms with Gasteiger partial charge in [0.2, 0.25) is 0 Å². The van der Waals surface area contributed by atoms with Gasteiger partial charge in [-0.3, -0.25) is 30.2 Å². The molecule has 0 saturated carbocycles. The second-order valence-electron chi connectivity index (χ2n) is 7.37. The van der Waals surface area contributed by atoms with Gasteiger partial charge in [0.15, 0.2) is 5.76 Å². The molecule has 9 nitrogen and oxygen atoms in total. The second kappa shape index (κ2) is 9.66. The number of pyridine rings is 1. The van der Waals surface area contributed by atoms with Crippen LogP contribution < -0.4 is 16.3 Å². The van der Waals surface area contributed by atoms with E-state index in [-0.39, 0.29) is 11.7 Å². The zero-order valence-electron chi connectivity index (χ0n) is 17.6. The lowest BCUT2D eigenvalue weighted by Crippen LogP contribution is -2.41. The summed E-state index contributed by atoms with van der Waals surface area (Å²) in [4.78, 5) is 41.1. The molecule has 1 aliphatic rings. The fraction of sp³-hybridized carbons (Fsp3) is 0.174. The molecule has 0 atom stereocenters. The maximum absolute atomic E-state index is 12.7. The number of furan rings is 1. The predicted octanol–water partition coefficient (Wildman–Crippen LogP) is 3.18. The molecule has 33 heavy (non-hydrogen) atoms. The van der Waals surface area contributed by atoms with E-state index in [1.54, 1.807) is 43.5 Å². The van der Waals surface area contributed by atoms with Crippen molar-refractivity contribution >= 4 is 35.0 Å². The van der Waals surface area contributed by atoms with Crippen LogP contribution in [-0.2, 0) is 6.42 Å². The number of rotatable bonds is 4. The molecule has 0 spiro atoms. The normalized spacial score (nSPS) is 13.8. The van der Waals surface area contributed by atoms with Crippen molar-refractivity contribution in [3.8, 4) is 0 Å². The quantitative estimate of drug-likeness (QED) is 0.510. The molecule has 1 aliphatic carbocycles. The van der Waals surface area contributed by atoms with Gasteiger partial charge in [-0.25, -0.2) is 5.43 Å². The van der Waals surface area contributed by atoms with Gasteiger partial charge in [-0.15, -0.1) is 0 Å². The minimum atomic E-state index is -0.601. The topological polar surface area (TPSA) is 126 Å². The van der Waals surface area contributed by atoms with Crippen molar-refractivity contribution in [1.82, 2.24) is 21.3 Å². The third kappa shape index (κ3) is 4.93. The number of hydrazone groups is 1. The first-order valence-electron chi connectivity index (χ1n) is 10.2. The van der Waals surface area contributed by atoms with Crippen molar-refractivity contribution in [3.05, 3.63) is 87.6 Å². The van der Waals surface area contributed by atoms with E-state index < -0.39 is 11.8 Å². The summed E-state index contributed by atoms with van der Waals surface area (Å²) >= 11 is 5.90. The van der Waals surface area contributed by atoms with Gasteiger partial charge >= 0.3 is 5.91 Å². The highest BCUT2D eigenvalue weighted by Gasteiger charge is 2.28. The molecule has 2 aromatic heterocycles. The molecule has 3 amide bonds. The smallest absolute Gasteiger partial charge is 0.305 e. The lowest BCUT2D eigenvalue weighted by atomic mass is 9.93. The lowest BCUT2D eigenvalue weighted by Gasteiger charge is -2.13. The summed E-state index contributed by atoms with van der Waals surface area (Å²) < 4.78 is 5.79. The van der Waals surface area contributed by atoms with Gasteiger partial charge in [-0.1, -0.05) is 17.7 Å². The highest BCUT2D eigenvalue weighted by Crippen LogP contribution is 2.29. The Balaban J connectivity index is 1.48. The molecular weight excluding hydrogens is 446 g/mol. The lowest BCUT2D eigenvalue weighted by molar-refractivity contribution is 0.0829. The number of benzene rings is 1. The number of amides is 3. The van der Waals surface area contributed by atoms with Gasteiger partial charge in [0.05, 0.1) is 11.3 Å². The van der Waals surface area contributed by atoms with Crippen LogP contribution in [0.2, 0.25) is 5.02 Å². The van der Waals surface area contributed by atoms with Crippen LogP contribution in [0.5, 0.6) is 0 Å². The van der Waals surface area contributed by atoms with Gasteiger partial charge in [-0.2, -0.15) is 5.10 Å².